The molecule has 1 aromatic rings. The van der Waals surface area contributed by atoms with E-state index in [0.717, 1.165) is 18.7 Å². The van der Waals surface area contributed by atoms with Crippen molar-refractivity contribution < 1.29 is 9.84 Å². The standard InChI is InChI=1S/C11H16N2O2/c1-15-8-11(4-2-5-11)10-12-6-3-9(7-14)13-10/h3,6,14H,2,4-5,7-8H2,1H3. The van der Waals surface area contributed by atoms with Crippen LogP contribution < -0.4 is 0 Å². The van der Waals surface area contributed by atoms with Gasteiger partial charge in [-0.3, -0.25) is 0 Å². The van der Waals surface area contributed by atoms with Crippen LogP contribution in [0.2, 0.25) is 0 Å². The zero-order chi connectivity index (χ0) is 10.7. The number of hydrogen-bond acceptors (Lipinski definition) is 4. The minimum absolute atomic E-state index is 0.0000694. The zero-order valence-corrected chi connectivity index (χ0v) is 8.94. The van der Waals surface area contributed by atoms with Crippen molar-refractivity contribution in [3.05, 3.63) is 23.8 Å². The van der Waals surface area contributed by atoms with Crippen molar-refractivity contribution in [2.45, 2.75) is 31.3 Å². The van der Waals surface area contributed by atoms with Gasteiger partial charge in [-0.1, -0.05) is 6.42 Å². The molecule has 0 spiro atoms. The number of ether oxygens (including phenoxy) is 1. The summed E-state index contributed by atoms with van der Waals surface area (Å²) in [6.45, 7) is 0.639. The van der Waals surface area contributed by atoms with Gasteiger partial charge in [-0.15, -0.1) is 0 Å². The van der Waals surface area contributed by atoms with Gasteiger partial charge in [0.2, 0.25) is 0 Å². The summed E-state index contributed by atoms with van der Waals surface area (Å²) in [5, 5.41) is 9.03. The van der Waals surface area contributed by atoms with Crippen LogP contribution in [-0.4, -0.2) is 28.8 Å². The molecule has 0 bridgehead atoms. The first-order chi connectivity index (χ1) is 7.30. The van der Waals surface area contributed by atoms with Gasteiger partial charge in [0, 0.05) is 13.3 Å². The van der Waals surface area contributed by atoms with Gasteiger partial charge in [-0.25, -0.2) is 9.97 Å². The Morgan fingerprint density at radius 2 is 2.33 bits per heavy atom. The highest BCUT2D eigenvalue weighted by Crippen LogP contribution is 2.42. The van der Waals surface area contributed by atoms with Gasteiger partial charge in [0.1, 0.15) is 5.82 Å². The molecule has 0 radical (unpaired) electrons. The van der Waals surface area contributed by atoms with Crippen molar-refractivity contribution >= 4 is 0 Å². The molecular formula is C11H16N2O2. The van der Waals surface area contributed by atoms with E-state index in [1.54, 1.807) is 19.4 Å². The molecule has 0 unspecified atom stereocenters. The number of aliphatic hydroxyl groups excluding tert-OH is 1. The molecule has 1 saturated carbocycles. The molecule has 1 aliphatic rings. The monoisotopic (exact) mass is 208 g/mol. The molecule has 4 nitrogen and oxygen atoms in total. The van der Waals surface area contributed by atoms with E-state index in [1.807, 2.05) is 0 Å². The molecule has 0 aliphatic heterocycles. The van der Waals surface area contributed by atoms with Crippen molar-refractivity contribution in [2.75, 3.05) is 13.7 Å². The Morgan fingerprint density at radius 1 is 1.53 bits per heavy atom. The first-order valence-corrected chi connectivity index (χ1v) is 5.23. The van der Waals surface area contributed by atoms with E-state index in [2.05, 4.69) is 9.97 Å². The lowest BCUT2D eigenvalue weighted by Gasteiger charge is -2.39. The fourth-order valence-corrected chi connectivity index (χ4v) is 2.05. The Balaban J connectivity index is 2.26. The highest BCUT2D eigenvalue weighted by Gasteiger charge is 2.41. The fourth-order valence-electron chi connectivity index (χ4n) is 2.05. The molecule has 4 heteroatoms. The van der Waals surface area contributed by atoms with Gasteiger partial charge in [0.05, 0.1) is 24.3 Å². The van der Waals surface area contributed by atoms with Crippen molar-refractivity contribution in [3.8, 4) is 0 Å². The molecule has 1 aliphatic carbocycles. The molecule has 1 heterocycles. The van der Waals surface area contributed by atoms with Crippen LogP contribution in [0.15, 0.2) is 12.3 Å². The lowest BCUT2D eigenvalue weighted by molar-refractivity contribution is 0.0727. The van der Waals surface area contributed by atoms with Crippen LogP contribution in [0.4, 0.5) is 0 Å². The maximum atomic E-state index is 9.03. The van der Waals surface area contributed by atoms with Crippen LogP contribution in [0.1, 0.15) is 30.8 Å². The summed E-state index contributed by atoms with van der Waals surface area (Å²) in [6.07, 6.45) is 5.07. The lowest BCUT2D eigenvalue weighted by Crippen LogP contribution is -2.40. The molecule has 1 fully saturated rings. The van der Waals surface area contributed by atoms with E-state index in [0.29, 0.717) is 12.3 Å². The maximum absolute atomic E-state index is 9.03. The summed E-state index contributed by atoms with van der Waals surface area (Å²) in [7, 11) is 1.70. The maximum Gasteiger partial charge on any atom is 0.137 e. The van der Waals surface area contributed by atoms with Gasteiger partial charge in [0.15, 0.2) is 0 Å². The molecule has 1 N–H and O–H groups in total. The molecule has 2 rings (SSSR count). The third-order valence-corrected chi connectivity index (χ3v) is 3.08. The Labute approximate surface area is 89.3 Å². The fraction of sp³-hybridized carbons (Fsp3) is 0.636. The van der Waals surface area contributed by atoms with Crippen LogP contribution in [0.3, 0.4) is 0 Å². The van der Waals surface area contributed by atoms with Gasteiger partial charge in [-0.05, 0) is 18.9 Å². The highest BCUT2D eigenvalue weighted by molar-refractivity contribution is 5.15. The van der Waals surface area contributed by atoms with E-state index < -0.39 is 0 Å². The number of rotatable bonds is 4. The third kappa shape index (κ3) is 1.87. The van der Waals surface area contributed by atoms with Crippen LogP contribution in [0, 0.1) is 0 Å². The highest BCUT2D eigenvalue weighted by atomic mass is 16.5. The summed E-state index contributed by atoms with van der Waals surface area (Å²) in [4.78, 5) is 8.66. The van der Waals surface area contributed by atoms with E-state index in [4.69, 9.17) is 9.84 Å². The second-order valence-electron chi connectivity index (χ2n) is 4.10. The molecule has 15 heavy (non-hydrogen) atoms. The van der Waals surface area contributed by atoms with Crippen LogP contribution >= 0.6 is 0 Å². The van der Waals surface area contributed by atoms with Gasteiger partial charge < -0.3 is 9.84 Å². The number of aromatic nitrogens is 2. The third-order valence-electron chi connectivity index (χ3n) is 3.08. The Morgan fingerprint density at radius 3 is 2.87 bits per heavy atom. The van der Waals surface area contributed by atoms with Crippen molar-refractivity contribution in [1.82, 2.24) is 9.97 Å². The molecule has 0 aromatic carbocycles. The van der Waals surface area contributed by atoms with Crippen molar-refractivity contribution in [2.24, 2.45) is 0 Å². The predicted octanol–water partition coefficient (Wildman–Crippen LogP) is 1.04. The summed E-state index contributed by atoms with van der Waals surface area (Å²) in [6, 6.07) is 1.74. The van der Waals surface area contributed by atoms with Crippen LogP contribution in [0.25, 0.3) is 0 Å². The number of aliphatic hydroxyl groups is 1. The molecule has 0 atom stereocenters. The second-order valence-corrected chi connectivity index (χ2v) is 4.10. The first kappa shape index (κ1) is 10.5. The van der Waals surface area contributed by atoms with E-state index >= 15 is 0 Å². The van der Waals surface area contributed by atoms with Gasteiger partial charge in [0.25, 0.3) is 0 Å². The number of hydrogen-bond donors (Lipinski definition) is 1. The van der Waals surface area contributed by atoms with Crippen LogP contribution in [0.5, 0.6) is 0 Å². The van der Waals surface area contributed by atoms with Crippen LogP contribution in [-0.2, 0) is 16.8 Å². The predicted molar refractivity (Wildman–Crippen MR) is 55.4 cm³/mol. The van der Waals surface area contributed by atoms with E-state index in [-0.39, 0.29) is 12.0 Å². The van der Waals surface area contributed by atoms with E-state index in [1.165, 1.54) is 6.42 Å². The minimum Gasteiger partial charge on any atom is -0.390 e. The first-order valence-electron chi connectivity index (χ1n) is 5.23. The second kappa shape index (κ2) is 4.24. The topological polar surface area (TPSA) is 55.2 Å². The summed E-state index contributed by atoms with van der Waals surface area (Å²) in [5.41, 5.74) is 0.683. The molecular weight excluding hydrogens is 192 g/mol. The lowest BCUT2D eigenvalue weighted by atomic mass is 9.68. The van der Waals surface area contributed by atoms with E-state index in [9.17, 15) is 0 Å². The SMILES string of the molecule is COCC1(c2nccc(CO)n2)CCC1. The molecule has 1 aromatic heterocycles. The normalized spacial score (nSPS) is 18.5. The average Bonchev–Trinajstić information content (AvgIpc) is 2.23. The summed E-state index contributed by atoms with van der Waals surface area (Å²) in [5.74, 6) is 0.821. The van der Waals surface area contributed by atoms with Gasteiger partial charge >= 0.3 is 0 Å². The number of methoxy groups -OCH3 is 1. The van der Waals surface area contributed by atoms with Crippen molar-refractivity contribution in [3.63, 3.8) is 0 Å². The Bertz CT molecular complexity index is 337. The smallest absolute Gasteiger partial charge is 0.137 e. The number of nitrogens with zero attached hydrogens (tertiary/aromatic N) is 2. The molecule has 0 saturated heterocycles. The van der Waals surface area contributed by atoms with Gasteiger partial charge in [-0.2, -0.15) is 0 Å². The Hall–Kier alpha value is -1.00. The zero-order valence-electron chi connectivity index (χ0n) is 8.94. The quantitative estimate of drug-likeness (QED) is 0.803. The summed E-state index contributed by atoms with van der Waals surface area (Å²) < 4.78 is 5.23. The minimum atomic E-state index is -0.0292. The Kier molecular flexibility index (Phi) is 2.98. The largest absolute Gasteiger partial charge is 0.390 e. The molecule has 82 valence electrons. The molecule has 0 amide bonds. The average molecular weight is 208 g/mol. The summed E-state index contributed by atoms with van der Waals surface area (Å²) >= 11 is 0. The van der Waals surface area contributed by atoms with Crippen molar-refractivity contribution in [1.29, 1.82) is 0 Å².